The number of aromatic nitrogens is 1. The molecule has 0 bridgehead atoms. The van der Waals surface area contributed by atoms with Crippen molar-refractivity contribution in [2.75, 3.05) is 7.11 Å². The molecule has 6 heteroatoms. The molecule has 2 N–H and O–H groups in total. The summed E-state index contributed by atoms with van der Waals surface area (Å²) in [4.78, 5) is 26.9. The van der Waals surface area contributed by atoms with Gasteiger partial charge in [0, 0.05) is 23.0 Å². The molecule has 0 saturated carbocycles. The number of para-hydroxylation sites is 1. The molecule has 2 aromatic rings. The van der Waals surface area contributed by atoms with Crippen molar-refractivity contribution < 1.29 is 19.1 Å². The number of carbonyl (C=O) groups excluding carboxylic acids is 2. The standard InChI is InChI=1S/C19H26N2O4/c1-12(20-18(23)25-19(2,3)4)17-14(10-11-16(22)24-5)13-8-6-7-9-15(13)21-17/h6-9,12,21H,10-11H2,1-5H3,(H,20,23). The molecule has 1 atom stereocenters. The van der Waals surface area contributed by atoms with Gasteiger partial charge in [0.2, 0.25) is 0 Å². The fourth-order valence-corrected chi connectivity index (χ4v) is 2.75. The number of benzene rings is 1. The molecule has 0 spiro atoms. The molecule has 136 valence electrons. The summed E-state index contributed by atoms with van der Waals surface area (Å²) in [5, 5.41) is 3.89. The summed E-state index contributed by atoms with van der Waals surface area (Å²) in [6.07, 6.45) is 0.342. The number of carbonyl (C=O) groups is 2. The van der Waals surface area contributed by atoms with E-state index in [1.165, 1.54) is 7.11 Å². The zero-order valence-corrected chi connectivity index (χ0v) is 15.4. The summed E-state index contributed by atoms with van der Waals surface area (Å²) in [5.74, 6) is -0.260. The molecule has 1 unspecified atom stereocenters. The number of nitrogens with one attached hydrogen (secondary N) is 2. The number of amides is 1. The van der Waals surface area contributed by atoms with E-state index in [9.17, 15) is 9.59 Å². The molecule has 6 nitrogen and oxygen atoms in total. The summed E-state index contributed by atoms with van der Waals surface area (Å²) >= 11 is 0. The maximum atomic E-state index is 12.1. The van der Waals surface area contributed by atoms with Crippen molar-refractivity contribution >= 4 is 23.0 Å². The number of esters is 1. The van der Waals surface area contributed by atoms with Crippen molar-refractivity contribution in [3.05, 3.63) is 35.5 Å². The highest BCUT2D eigenvalue weighted by molar-refractivity contribution is 5.85. The highest BCUT2D eigenvalue weighted by Gasteiger charge is 2.22. The van der Waals surface area contributed by atoms with Gasteiger partial charge in [0.1, 0.15) is 5.60 Å². The quantitative estimate of drug-likeness (QED) is 0.806. The molecule has 0 fully saturated rings. The van der Waals surface area contributed by atoms with Gasteiger partial charge in [-0.2, -0.15) is 0 Å². The first-order chi connectivity index (χ1) is 11.7. The minimum Gasteiger partial charge on any atom is -0.469 e. The third kappa shape index (κ3) is 4.98. The topological polar surface area (TPSA) is 80.4 Å². The lowest BCUT2D eigenvalue weighted by Crippen LogP contribution is -2.34. The molecule has 1 heterocycles. The summed E-state index contributed by atoms with van der Waals surface area (Å²) in [5.41, 5.74) is 2.29. The van der Waals surface area contributed by atoms with Crippen molar-refractivity contribution in [1.29, 1.82) is 0 Å². The molecule has 0 aliphatic rings. The molecule has 2 rings (SSSR count). The van der Waals surface area contributed by atoms with Crippen LogP contribution in [0.15, 0.2) is 24.3 Å². The van der Waals surface area contributed by atoms with Gasteiger partial charge in [-0.25, -0.2) is 4.79 Å². The number of fused-ring (bicyclic) bond motifs is 1. The number of aryl methyl sites for hydroxylation is 1. The van der Waals surface area contributed by atoms with Crippen LogP contribution in [0, 0.1) is 0 Å². The number of H-pyrrole nitrogens is 1. The van der Waals surface area contributed by atoms with Gasteiger partial charge in [-0.15, -0.1) is 0 Å². The largest absolute Gasteiger partial charge is 0.469 e. The summed E-state index contributed by atoms with van der Waals surface area (Å²) in [6, 6.07) is 7.59. The van der Waals surface area contributed by atoms with E-state index in [1.807, 2.05) is 52.0 Å². The van der Waals surface area contributed by atoms with Crippen LogP contribution in [0.25, 0.3) is 10.9 Å². The number of rotatable bonds is 5. The maximum absolute atomic E-state index is 12.1. The van der Waals surface area contributed by atoms with Crippen molar-refractivity contribution in [3.63, 3.8) is 0 Å². The minimum atomic E-state index is -0.558. The van der Waals surface area contributed by atoms with Gasteiger partial charge in [-0.05, 0) is 45.7 Å². The van der Waals surface area contributed by atoms with Crippen LogP contribution in [-0.2, 0) is 20.7 Å². The maximum Gasteiger partial charge on any atom is 0.408 e. The Morgan fingerprint density at radius 1 is 1.24 bits per heavy atom. The lowest BCUT2D eigenvalue weighted by molar-refractivity contribution is -0.140. The smallest absolute Gasteiger partial charge is 0.408 e. The number of hydrogen-bond acceptors (Lipinski definition) is 4. The highest BCUT2D eigenvalue weighted by Crippen LogP contribution is 2.28. The Hall–Kier alpha value is -2.50. The van der Waals surface area contributed by atoms with E-state index in [2.05, 4.69) is 10.3 Å². The molecule has 25 heavy (non-hydrogen) atoms. The zero-order chi connectivity index (χ0) is 18.6. The summed E-state index contributed by atoms with van der Waals surface area (Å²) in [6.45, 7) is 7.35. The Kier molecular flexibility index (Phi) is 5.72. The normalized spacial score (nSPS) is 12.7. The van der Waals surface area contributed by atoms with Crippen LogP contribution < -0.4 is 5.32 Å². The first-order valence-electron chi connectivity index (χ1n) is 8.37. The third-order valence-electron chi connectivity index (χ3n) is 3.82. The van der Waals surface area contributed by atoms with E-state index in [0.717, 1.165) is 22.2 Å². The lowest BCUT2D eigenvalue weighted by Gasteiger charge is -2.22. The SMILES string of the molecule is COC(=O)CCc1c(C(C)NC(=O)OC(C)(C)C)[nH]c2ccccc12. The fourth-order valence-electron chi connectivity index (χ4n) is 2.75. The third-order valence-corrected chi connectivity index (χ3v) is 3.82. The van der Waals surface area contributed by atoms with Gasteiger partial charge >= 0.3 is 12.1 Å². The van der Waals surface area contributed by atoms with Crippen LogP contribution in [0.5, 0.6) is 0 Å². The Labute approximate surface area is 147 Å². The van der Waals surface area contributed by atoms with Crippen LogP contribution in [0.2, 0.25) is 0 Å². The lowest BCUT2D eigenvalue weighted by atomic mass is 10.0. The predicted octanol–water partition coefficient (Wildman–Crippen LogP) is 3.86. The minimum absolute atomic E-state index is 0.260. The van der Waals surface area contributed by atoms with E-state index in [4.69, 9.17) is 9.47 Å². The first kappa shape index (κ1) is 18.8. The Balaban J connectivity index is 2.26. The number of methoxy groups -OCH3 is 1. The summed E-state index contributed by atoms with van der Waals surface area (Å²) < 4.78 is 10.1. The predicted molar refractivity (Wildman–Crippen MR) is 96.4 cm³/mol. The molecule has 0 aliphatic heterocycles. The van der Waals surface area contributed by atoms with Crippen LogP contribution in [0.4, 0.5) is 4.79 Å². The second-order valence-corrected chi connectivity index (χ2v) is 7.01. The van der Waals surface area contributed by atoms with Crippen molar-refractivity contribution in [1.82, 2.24) is 10.3 Å². The number of aromatic amines is 1. The van der Waals surface area contributed by atoms with Gasteiger partial charge in [0.25, 0.3) is 0 Å². The molecular formula is C19H26N2O4. The molecule has 0 saturated heterocycles. The van der Waals surface area contributed by atoms with Crippen molar-refractivity contribution in [2.45, 2.75) is 52.2 Å². The van der Waals surface area contributed by atoms with Gasteiger partial charge < -0.3 is 19.8 Å². The second kappa shape index (κ2) is 7.59. The molecule has 0 radical (unpaired) electrons. The molecular weight excluding hydrogens is 320 g/mol. The van der Waals surface area contributed by atoms with Crippen LogP contribution in [-0.4, -0.2) is 29.8 Å². The molecule has 1 amide bonds. The Bertz CT molecular complexity index is 758. The molecule has 1 aromatic carbocycles. The summed E-state index contributed by atoms with van der Waals surface area (Å²) in [7, 11) is 1.38. The highest BCUT2D eigenvalue weighted by atomic mass is 16.6. The molecule has 1 aromatic heterocycles. The van der Waals surface area contributed by atoms with E-state index in [1.54, 1.807) is 0 Å². The average Bonchev–Trinajstić information content (AvgIpc) is 2.89. The second-order valence-electron chi connectivity index (χ2n) is 7.01. The van der Waals surface area contributed by atoms with Gasteiger partial charge in [-0.3, -0.25) is 4.79 Å². The van der Waals surface area contributed by atoms with E-state index < -0.39 is 11.7 Å². The number of hydrogen-bond donors (Lipinski definition) is 2. The number of ether oxygens (including phenoxy) is 2. The zero-order valence-electron chi connectivity index (χ0n) is 15.4. The number of alkyl carbamates (subject to hydrolysis) is 1. The van der Waals surface area contributed by atoms with Crippen LogP contribution in [0.1, 0.15) is 51.4 Å². The average molecular weight is 346 g/mol. The van der Waals surface area contributed by atoms with Crippen molar-refractivity contribution in [2.24, 2.45) is 0 Å². The molecule has 0 aliphatic carbocycles. The first-order valence-corrected chi connectivity index (χ1v) is 8.37. The van der Waals surface area contributed by atoms with Crippen LogP contribution in [0.3, 0.4) is 0 Å². The van der Waals surface area contributed by atoms with E-state index in [0.29, 0.717) is 6.42 Å². The van der Waals surface area contributed by atoms with Gasteiger partial charge in [0.05, 0.1) is 13.2 Å². The Morgan fingerprint density at radius 3 is 2.56 bits per heavy atom. The Morgan fingerprint density at radius 2 is 1.92 bits per heavy atom. The van der Waals surface area contributed by atoms with E-state index >= 15 is 0 Å². The van der Waals surface area contributed by atoms with Crippen molar-refractivity contribution in [3.8, 4) is 0 Å². The van der Waals surface area contributed by atoms with Gasteiger partial charge in [0.15, 0.2) is 0 Å². The van der Waals surface area contributed by atoms with Crippen LogP contribution >= 0.6 is 0 Å². The van der Waals surface area contributed by atoms with Gasteiger partial charge in [-0.1, -0.05) is 18.2 Å². The van der Waals surface area contributed by atoms with E-state index in [-0.39, 0.29) is 18.4 Å². The fraction of sp³-hybridized carbons (Fsp3) is 0.474. The monoisotopic (exact) mass is 346 g/mol.